The molecule has 0 saturated heterocycles. The third kappa shape index (κ3) is 4.86. The number of aryl methyl sites for hydroxylation is 1. The molecule has 45 heavy (non-hydrogen) atoms. The van der Waals surface area contributed by atoms with Crippen molar-refractivity contribution in [2.24, 2.45) is 39.9 Å². The number of Topliss-reactive ketones (excluding diaryl/α,β-unsaturated/α-hetero) is 2. The number of benzene rings is 1. The zero-order valence-electron chi connectivity index (χ0n) is 27.1. The van der Waals surface area contributed by atoms with Crippen LogP contribution < -0.4 is 4.90 Å². The molecular formula is C36H46FNO7. The van der Waals surface area contributed by atoms with Gasteiger partial charge in [0.1, 0.15) is 23.6 Å². The highest BCUT2D eigenvalue weighted by molar-refractivity contribution is 6.14. The van der Waals surface area contributed by atoms with E-state index in [2.05, 4.69) is 20.4 Å². The maximum atomic E-state index is 14.5. The highest BCUT2D eigenvalue weighted by Crippen LogP contribution is 2.68. The molecule has 6 rings (SSSR count). The second kappa shape index (κ2) is 11.0. The molecule has 1 aromatic rings. The number of anilines is 1. The Morgan fingerprint density at radius 1 is 1.16 bits per heavy atom. The topological polar surface area (TPSA) is 110 Å². The van der Waals surface area contributed by atoms with Crippen molar-refractivity contribution >= 4 is 29.2 Å². The molecule has 0 spiro atoms. The number of nitrogens with zero attached hydrogens (tertiary/aromatic N) is 1. The van der Waals surface area contributed by atoms with Crippen molar-refractivity contribution in [3.05, 3.63) is 41.7 Å². The molecule has 9 heteroatoms. The van der Waals surface area contributed by atoms with E-state index in [1.54, 1.807) is 19.1 Å². The fourth-order valence-corrected chi connectivity index (χ4v) is 9.67. The molecule has 1 unspecified atom stereocenters. The standard InChI is InChI=1S/C36H46FNO7/c1-7-34(5)16-28(35(6)12-10-20(3)36(21(4)32(34)42)13-11-27(39)31(35)36)45-29(40)18-44-33(43)24-17-38(22-8-9-22)26-14-19(2)25(37)15-23(26)30(24)41/h7,14-15,20-22,24,28,31-32,42H,1,8-13,16-18H2,2-6H3/t20-,21+,24?,28-,31+,32+,34-,35+,36+/m1/s1. The Morgan fingerprint density at radius 2 is 1.87 bits per heavy atom. The minimum absolute atomic E-state index is 0.105. The molecule has 4 aliphatic carbocycles. The first-order chi connectivity index (χ1) is 21.2. The highest BCUT2D eigenvalue weighted by Gasteiger charge is 2.68. The number of ketones is 2. The van der Waals surface area contributed by atoms with Crippen LogP contribution in [0.25, 0.3) is 0 Å². The lowest BCUT2D eigenvalue weighted by Crippen LogP contribution is -2.63. The van der Waals surface area contributed by atoms with Gasteiger partial charge in [-0.05, 0) is 80.4 Å². The summed E-state index contributed by atoms with van der Waals surface area (Å²) in [4.78, 5) is 55.6. The van der Waals surface area contributed by atoms with Crippen LogP contribution >= 0.6 is 0 Å². The summed E-state index contributed by atoms with van der Waals surface area (Å²) in [5, 5.41) is 11.8. The van der Waals surface area contributed by atoms with Gasteiger partial charge in [-0.25, -0.2) is 9.18 Å². The van der Waals surface area contributed by atoms with Crippen LogP contribution in [0.4, 0.5) is 10.1 Å². The number of aliphatic hydroxyl groups excluding tert-OH is 1. The van der Waals surface area contributed by atoms with E-state index in [9.17, 15) is 28.7 Å². The Balaban J connectivity index is 1.22. The molecule has 4 saturated carbocycles. The third-order valence-corrected chi connectivity index (χ3v) is 12.6. The SMILES string of the molecule is C=C[C@]1(C)C[C@@H](OC(=O)COC(=O)C2CN(C3CC3)c3cc(C)c(F)cc3C2=O)[C@]2(C)CC[C@@H](C)[C@@]3(CCC(=O)[C@@H]23)[C@@H](C)[C@@H]1O. The molecule has 4 fully saturated rings. The highest BCUT2D eigenvalue weighted by atomic mass is 19.1. The molecule has 1 aromatic carbocycles. The first kappa shape index (κ1) is 31.9. The fourth-order valence-electron chi connectivity index (χ4n) is 9.67. The number of rotatable bonds is 6. The summed E-state index contributed by atoms with van der Waals surface area (Å²) in [5.41, 5.74) is -0.676. The number of carbonyl (C=O) groups excluding carboxylic acids is 4. The van der Waals surface area contributed by atoms with E-state index in [0.29, 0.717) is 30.5 Å². The van der Waals surface area contributed by atoms with Gasteiger partial charge < -0.3 is 19.5 Å². The van der Waals surface area contributed by atoms with E-state index in [1.807, 2.05) is 18.7 Å². The molecule has 0 amide bonds. The van der Waals surface area contributed by atoms with Gasteiger partial charge >= 0.3 is 11.9 Å². The second-order valence-corrected chi connectivity index (χ2v) is 15.1. The van der Waals surface area contributed by atoms with Crippen molar-refractivity contribution < 1.29 is 38.1 Å². The Bertz CT molecular complexity index is 1450. The molecule has 0 aromatic heterocycles. The van der Waals surface area contributed by atoms with Gasteiger partial charge in [0.25, 0.3) is 0 Å². The van der Waals surface area contributed by atoms with Gasteiger partial charge in [-0.3, -0.25) is 14.4 Å². The lowest BCUT2D eigenvalue weighted by molar-refractivity contribution is -0.207. The lowest BCUT2D eigenvalue weighted by Gasteiger charge is -2.62. The van der Waals surface area contributed by atoms with Gasteiger partial charge in [-0.1, -0.05) is 33.8 Å². The summed E-state index contributed by atoms with van der Waals surface area (Å²) in [6.07, 6.45) is 4.96. The van der Waals surface area contributed by atoms with Crippen molar-refractivity contribution in [2.75, 3.05) is 18.1 Å². The van der Waals surface area contributed by atoms with Crippen LogP contribution in [0.1, 0.15) is 88.6 Å². The molecular weight excluding hydrogens is 577 g/mol. The fraction of sp³-hybridized carbons (Fsp3) is 0.667. The van der Waals surface area contributed by atoms with E-state index < -0.39 is 64.5 Å². The van der Waals surface area contributed by atoms with Gasteiger partial charge in [0.15, 0.2) is 12.4 Å². The van der Waals surface area contributed by atoms with Crippen molar-refractivity contribution in [1.29, 1.82) is 0 Å². The Labute approximate surface area is 264 Å². The summed E-state index contributed by atoms with van der Waals surface area (Å²) in [7, 11) is 0. The second-order valence-electron chi connectivity index (χ2n) is 15.1. The van der Waals surface area contributed by atoms with E-state index in [-0.39, 0.29) is 48.1 Å². The zero-order valence-corrected chi connectivity index (χ0v) is 27.1. The van der Waals surface area contributed by atoms with Crippen LogP contribution in [0.5, 0.6) is 0 Å². The Morgan fingerprint density at radius 3 is 2.53 bits per heavy atom. The van der Waals surface area contributed by atoms with Gasteiger partial charge in [-0.15, -0.1) is 6.58 Å². The summed E-state index contributed by atoms with van der Waals surface area (Å²) >= 11 is 0. The van der Waals surface area contributed by atoms with Crippen LogP contribution in [-0.4, -0.2) is 60.0 Å². The maximum Gasteiger partial charge on any atom is 0.344 e. The quantitative estimate of drug-likeness (QED) is 0.256. The van der Waals surface area contributed by atoms with Gasteiger partial charge in [0.2, 0.25) is 0 Å². The van der Waals surface area contributed by atoms with Crippen LogP contribution in [0.2, 0.25) is 0 Å². The molecule has 244 valence electrons. The number of esters is 2. The van der Waals surface area contributed by atoms with Crippen molar-refractivity contribution in [3.8, 4) is 0 Å². The number of ether oxygens (including phenoxy) is 2. The number of hydrogen-bond donors (Lipinski definition) is 1. The van der Waals surface area contributed by atoms with E-state index in [4.69, 9.17) is 9.47 Å². The molecule has 9 atom stereocenters. The average molecular weight is 624 g/mol. The third-order valence-electron chi connectivity index (χ3n) is 12.6. The minimum Gasteiger partial charge on any atom is -0.459 e. The maximum absolute atomic E-state index is 14.5. The number of fused-ring (bicyclic) bond motifs is 1. The van der Waals surface area contributed by atoms with Crippen LogP contribution in [0.15, 0.2) is 24.8 Å². The van der Waals surface area contributed by atoms with Crippen molar-refractivity contribution in [2.45, 2.75) is 97.8 Å². The number of aliphatic hydroxyl groups is 1. The Kier molecular flexibility index (Phi) is 7.82. The minimum atomic E-state index is -1.19. The zero-order chi connectivity index (χ0) is 32.6. The molecule has 8 nitrogen and oxygen atoms in total. The first-order valence-corrected chi connectivity index (χ1v) is 16.5. The summed E-state index contributed by atoms with van der Waals surface area (Å²) in [6.45, 7) is 13.3. The summed E-state index contributed by atoms with van der Waals surface area (Å²) < 4.78 is 26.0. The summed E-state index contributed by atoms with van der Waals surface area (Å²) in [5.74, 6) is -4.02. The average Bonchev–Trinajstić information content (AvgIpc) is 3.79. The van der Waals surface area contributed by atoms with Crippen LogP contribution in [-0.2, 0) is 23.9 Å². The number of hydrogen-bond acceptors (Lipinski definition) is 8. The molecule has 1 heterocycles. The normalized spacial score (nSPS) is 39.3. The Hall–Kier alpha value is -3.07. The van der Waals surface area contributed by atoms with Gasteiger partial charge in [0.05, 0.1) is 6.10 Å². The molecule has 1 aliphatic heterocycles. The van der Waals surface area contributed by atoms with E-state index in [0.717, 1.165) is 19.3 Å². The van der Waals surface area contributed by atoms with E-state index >= 15 is 0 Å². The number of halogens is 1. The molecule has 0 radical (unpaired) electrons. The van der Waals surface area contributed by atoms with Crippen LogP contribution in [0.3, 0.4) is 0 Å². The largest absolute Gasteiger partial charge is 0.459 e. The molecule has 1 N–H and O–H groups in total. The predicted octanol–water partition coefficient (Wildman–Crippen LogP) is 5.37. The lowest BCUT2D eigenvalue weighted by atomic mass is 9.43. The van der Waals surface area contributed by atoms with Gasteiger partial charge in [-0.2, -0.15) is 0 Å². The van der Waals surface area contributed by atoms with Crippen LogP contribution in [0, 0.1) is 52.7 Å². The molecule has 5 aliphatic rings. The molecule has 2 bridgehead atoms. The summed E-state index contributed by atoms with van der Waals surface area (Å²) in [6, 6.07) is 3.01. The van der Waals surface area contributed by atoms with Crippen molar-refractivity contribution in [3.63, 3.8) is 0 Å². The smallest absolute Gasteiger partial charge is 0.344 e. The monoisotopic (exact) mass is 623 g/mol. The van der Waals surface area contributed by atoms with Gasteiger partial charge in [0, 0.05) is 47.0 Å². The predicted molar refractivity (Wildman–Crippen MR) is 165 cm³/mol. The van der Waals surface area contributed by atoms with Crippen molar-refractivity contribution in [1.82, 2.24) is 0 Å². The number of carbonyl (C=O) groups is 4. The first-order valence-electron chi connectivity index (χ1n) is 16.5. The van der Waals surface area contributed by atoms with E-state index in [1.165, 1.54) is 6.07 Å².